The summed E-state index contributed by atoms with van der Waals surface area (Å²) < 4.78 is 10.9. The van der Waals surface area contributed by atoms with Crippen molar-refractivity contribution in [2.24, 2.45) is 0 Å². The van der Waals surface area contributed by atoms with Gasteiger partial charge in [-0.15, -0.1) is 0 Å². The maximum atomic E-state index is 10.3. The summed E-state index contributed by atoms with van der Waals surface area (Å²) in [5.41, 5.74) is 3.25. The molecule has 1 aromatic rings. The molecule has 19 heavy (non-hydrogen) atoms. The first kappa shape index (κ1) is 13.7. The van der Waals surface area contributed by atoms with Crippen molar-refractivity contribution in [1.29, 1.82) is 0 Å². The minimum absolute atomic E-state index is 0.244. The minimum Gasteiger partial charge on any atom is -0.507 e. The van der Waals surface area contributed by atoms with Crippen LogP contribution in [0, 0.1) is 20.8 Å². The van der Waals surface area contributed by atoms with E-state index >= 15 is 0 Å². The van der Waals surface area contributed by atoms with Crippen molar-refractivity contribution in [3.05, 3.63) is 22.3 Å². The molecule has 1 N–H and O–H groups in total. The summed E-state index contributed by atoms with van der Waals surface area (Å²) in [6.07, 6.45) is 1.57. The van der Waals surface area contributed by atoms with Gasteiger partial charge in [-0.05, 0) is 57.2 Å². The summed E-state index contributed by atoms with van der Waals surface area (Å²) in [5.74, 6) is 1.18. The highest BCUT2D eigenvalue weighted by atomic mass is 16.6. The topological polar surface area (TPSA) is 55.8 Å². The molecular weight excluding hydrogens is 244 g/mol. The molecule has 0 aliphatic carbocycles. The lowest BCUT2D eigenvalue weighted by Gasteiger charge is -2.37. The second-order valence-corrected chi connectivity index (χ2v) is 5.49. The molecule has 0 bridgehead atoms. The highest BCUT2D eigenvalue weighted by Gasteiger charge is 2.35. The van der Waals surface area contributed by atoms with Gasteiger partial charge in [-0.2, -0.15) is 0 Å². The van der Waals surface area contributed by atoms with Crippen molar-refractivity contribution in [2.75, 3.05) is 6.61 Å². The first-order chi connectivity index (χ1) is 8.89. The van der Waals surface area contributed by atoms with Gasteiger partial charge in [-0.1, -0.05) is 0 Å². The second-order valence-electron chi connectivity index (χ2n) is 5.49. The van der Waals surface area contributed by atoms with Gasteiger partial charge >= 0.3 is 0 Å². The van der Waals surface area contributed by atoms with Crippen molar-refractivity contribution in [3.63, 3.8) is 0 Å². The molecule has 0 spiro atoms. The number of ether oxygens (including phenoxy) is 2. The third-order valence-corrected chi connectivity index (χ3v) is 4.05. The second kappa shape index (κ2) is 4.76. The highest BCUT2D eigenvalue weighted by Crippen LogP contribution is 2.43. The summed E-state index contributed by atoms with van der Waals surface area (Å²) in [6.45, 7) is 8.37. The van der Waals surface area contributed by atoms with Crippen LogP contribution in [0.15, 0.2) is 0 Å². The summed E-state index contributed by atoms with van der Waals surface area (Å²) in [6, 6.07) is 0. The predicted molar refractivity (Wildman–Crippen MR) is 71.7 cm³/mol. The summed E-state index contributed by atoms with van der Waals surface area (Å²) in [4.78, 5) is 10.3. The van der Waals surface area contributed by atoms with Gasteiger partial charge in [0.15, 0.2) is 0 Å². The lowest BCUT2D eigenvalue weighted by molar-refractivity contribution is -0.134. The van der Waals surface area contributed by atoms with Crippen molar-refractivity contribution in [2.45, 2.75) is 46.1 Å². The number of aromatic hydroxyl groups is 1. The van der Waals surface area contributed by atoms with Gasteiger partial charge in [-0.3, -0.25) is 4.79 Å². The minimum atomic E-state index is -0.492. The van der Waals surface area contributed by atoms with Crippen LogP contribution in [0.25, 0.3) is 0 Å². The number of hydrogen-bond acceptors (Lipinski definition) is 4. The molecule has 1 aliphatic rings. The van der Waals surface area contributed by atoms with Crippen LogP contribution < -0.4 is 4.74 Å². The Kier molecular flexibility index (Phi) is 3.43. The number of benzene rings is 1. The zero-order valence-corrected chi connectivity index (χ0v) is 11.9. The Morgan fingerprint density at radius 2 is 2.00 bits per heavy atom. The molecule has 2 rings (SSSR count). The molecule has 1 aliphatic heterocycles. The van der Waals surface area contributed by atoms with Gasteiger partial charge in [-0.25, -0.2) is 0 Å². The SMILES string of the molecule is Cc1c(C)c2c(c(C)c1O)CCC(C)(COC=O)O2. The fourth-order valence-corrected chi connectivity index (χ4v) is 2.61. The summed E-state index contributed by atoms with van der Waals surface area (Å²) in [7, 11) is 0. The van der Waals surface area contributed by atoms with Crippen LogP contribution in [0.1, 0.15) is 35.6 Å². The van der Waals surface area contributed by atoms with E-state index in [4.69, 9.17) is 9.47 Å². The van der Waals surface area contributed by atoms with E-state index < -0.39 is 5.60 Å². The van der Waals surface area contributed by atoms with Gasteiger partial charge in [0.05, 0.1) is 0 Å². The lowest BCUT2D eigenvalue weighted by Crippen LogP contribution is -2.41. The average molecular weight is 264 g/mol. The number of rotatable bonds is 3. The summed E-state index contributed by atoms with van der Waals surface area (Å²) in [5, 5.41) is 10.1. The fraction of sp³-hybridized carbons (Fsp3) is 0.533. The Hall–Kier alpha value is -1.71. The van der Waals surface area contributed by atoms with Crippen molar-refractivity contribution in [1.82, 2.24) is 0 Å². The maximum Gasteiger partial charge on any atom is 0.293 e. The van der Waals surface area contributed by atoms with Gasteiger partial charge in [0.2, 0.25) is 0 Å². The number of carbonyl (C=O) groups excluding carboxylic acids is 1. The van der Waals surface area contributed by atoms with E-state index in [2.05, 4.69) is 0 Å². The molecule has 4 nitrogen and oxygen atoms in total. The third-order valence-electron chi connectivity index (χ3n) is 4.05. The maximum absolute atomic E-state index is 10.3. The smallest absolute Gasteiger partial charge is 0.293 e. The fourth-order valence-electron chi connectivity index (χ4n) is 2.61. The van der Waals surface area contributed by atoms with E-state index in [1.807, 2.05) is 27.7 Å². The first-order valence-corrected chi connectivity index (χ1v) is 6.45. The Balaban J connectivity index is 2.43. The van der Waals surface area contributed by atoms with E-state index in [0.717, 1.165) is 40.8 Å². The quantitative estimate of drug-likeness (QED) is 0.852. The first-order valence-electron chi connectivity index (χ1n) is 6.45. The summed E-state index contributed by atoms with van der Waals surface area (Å²) >= 11 is 0. The zero-order valence-electron chi connectivity index (χ0n) is 11.9. The molecule has 0 fully saturated rings. The van der Waals surface area contributed by atoms with Gasteiger partial charge < -0.3 is 14.6 Å². The van der Waals surface area contributed by atoms with Gasteiger partial charge in [0.1, 0.15) is 23.7 Å². The number of carbonyl (C=O) groups is 1. The van der Waals surface area contributed by atoms with Crippen LogP contribution in [0.5, 0.6) is 11.5 Å². The molecule has 104 valence electrons. The van der Waals surface area contributed by atoms with Crippen LogP contribution in [0.2, 0.25) is 0 Å². The number of phenolic OH excluding ortho intramolecular Hbond substituents is 1. The molecule has 1 unspecified atom stereocenters. The molecule has 0 amide bonds. The Labute approximate surface area is 113 Å². The molecular formula is C15H20O4. The van der Waals surface area contributed by atoms with Crippen LogP contribution >= 0.6 is 0 Å². The van der Waals surface area contributed by atoms with Crippen molar-refractivity contribution in [3.8, 4) is 11.5 Å². The van der Waals surface area contributed by atoms with Gasteiger partial charge in [0, 0.05) is 5.56 Å². The molecule has 0 saturated heterocycles. The molecule has 0 radical (unpaired) electrons. The monoisotopic (exact) mass is 264 g/mol. The van der Waals surface area contributed by atoms with Crippen LogP contribution in [-0.2, 0) is 16.0 Å². The van der Waals surface area contributed by atoms with E-state index in [1.54, 1.807) is 0 Å². The molecule has 1 heterocycles. The van der Waals surface area contributed by atoms with Crippen LogP contribution in [0.4, 0.5) is 0 Å². The average Bonchev–Trinajstić information content (AvgIpc) is 2.40. The van der Waals surface area contributed by atoms with Crippen molar-refractivity contribution < 1.29 is 19.4 Å². The van der Waals surface area contributed by atoms with E-state index in [9.17, 15) is 9.90 Å². The zero-order chi connectivity index (χ0) is 14.2. The molecule has 0 saturated carbocycles. The van der Waals surface area contributed by atoms with Crippen LogP contribution in [-0.4, -0.2) is 23.8 Å². The van der Waals surface area contributed by atoms with Crippen molar-refractivity contribution >= 4 is 6.47 Å². The number of hydrogen-bond donors (Lipinski definition) is 1. The Morgan fingerprint density at radius 3 is 2.63 bits per heavy atom. The lowest BCUT2D eigenvalue weighted by atomic mass is 9.87. The molecule has 1 aromatic carbocycles. The highest BCUT2D eigenvalue weighted by molar-refractivity contribution is 5.58. The third kappa shape index (κ3) is 2.27. The normalized spacial score (nSPS) is 21.5. The Bertz CT molecular complexity index is 522. The van der Waals surface area contributed by atoms with E-state index in [0.29, 0.717) is 12.2 Å². The standard InChI is InChI=1S/C15H20O4/c1-9-10(2)14-12(11(3)13(9)17)5-6-15(4,19-14)7-18-8-16/h8,17H,5-7H2,1-4H3. The predicted octanol–water partition coefficient (Wildman–Crippen LogP) is 2.57. The van der Waals surface area contributed by atoms with Gasteiger partial charge in [0.25, 0.3) is 6.47 Å². The number of phenols is 1. The molecule has 1 atom stereocenters. The Morgan fingerprint density at radius 1 is 1.32 bits per heavy atom. The number of fused-ring (bicyclic) bond motifs is 1. The van der Waals surface area contributed by atoms with E-state index in [1.165, 1.54) is 0 Å². The van der Waals surface area contributed by atoms with E-state index in [-0.39, 0.29) is 6.61 Å². The largest absolute Gasteiger partial charge is 0.507 e. The molecule has 4 heteroatoms. The van der Waals surface area contributed by atoms with Crippen LogP contribution in [0.3, 0.4) is 0 Å². The molecule has 0 aromatic heterocycles.